The molecule has 0 aliphatic carbocycles. The lowest BCUT2D eigenvalue weighted by Gasteiger charge is -2.21. The Balaban J connectivity index is 1.97. The van der Waals surface area contributed by atoms with Gasteiger partial charge in [-0.25, -0.2) is 4.39 Å². The molecule has 0 aromatic heterocycles. The van der Waals surface area contributed by atoms with Crippen LogP contribution >= 0.6 is 0 Å². The topological polar surface area (TPSA) is 29.1 Å². The molecule has 0 heterocycles. The quantitative estimate of drug-likeness (QED) is 0.674. The van der Waals surface area contributed by atoms with Gasteiger partial charge in [-0.3, -0.25) is 4.79 Å². The van der Waals surface area contributed by atoms with Crippen molar-refractivity contribution in [3.8, 4) is 0 Å². The van der Waals surface area contributed by atoms with Crippen LogP contribution in [0, 0.1) is 12.7 Å². The summed E-state index contributed by atoms with van der Waals surface area (Å²) in [5.74, 6) is -0.486. The number of benzene rings is 3. The Morgan fingerprint density at radius 3 is 2.35 bits per heavy atom. The molecule has 0 aliphatic heterocycles. The molecule has 1 amide bonds. The van der Waals surface area contributed by atoms with Gasteiger partial charge in [0, 0.05) is 5.56 Å². The average molecular weight is 347 g/mol. The molecule has 26 heavy (non-hydrogen) atoms. The first-order valence-electron chi connectivity index (χ1n) is 8.79. The normalized spacial score (nSPS) is 11.8. The fourth-order valence-electron chi connectivity index (χ4n) is 3.03. The largest absolute Gasteiger partial charge is 0.341 e. The summed E-state index contributed by atoms with van der Waals surface area (Å²) in [5.41, 5.74) is 4.39. The van der Waals surface area contributed by atoms with Crippen LogP contribution in [0.25, 0.3) is 0 Å². The molecule has 2 nitrogen and oxygen atoms in total. The van der Waals surface area contributed by atoms with Crippen molar-refractivity contribution in [3.05, 3.63) is 106 Å². The lowest BCUT2D eigenvalue weighted by Crippen LogP contribution is -2.30. The zero-order chi connectivity index (χ0) is 18.5. The Hall–Kier alpha value is -2.94. The average Bonchev–Trinajstić information content (AvgIpc) is 2.66. The van der Waals surface area contributed by atoms with Gasteiger partial charge in [0.25, 0.3) is 5.91 Å². The third kappa shape index (κ3) is 3.99. The number of hydrogen-bond donors (Lipinski definition) is 1. The van der Waals surface area contributed by atoms with Gasteiger partial charge in [-0.15, -0.1) is 0 Å². The molecule has 0 fully saturated rings. The molecule has 0 radical (unpaired) electrons. The summed E-state index contributed by atoms with van der Waals surface area (Å²) < 4.78 is 13.8. The molecular weight excluding hydrogens is 325 g/mol. The Morgan fingerprint density at radius 2 is 1.69 bits per heavy atom. The van der Waals surface area contributed by atoms with Crippen molar-refractivity contribution in [1.29, 1.82) is 0 Å². The highest BCUT2D eigenvalue weighted by molar-refractivity contribution is 5.96. The van der Waals surface area contributed by atoms with Gasteiger partial charge < -0.3 is 5.32 Å². The van der Waals surface area contributed by atoms with Crippen LogP contribution in [0.4, 0.5) is 4.39 Å². The first-order valence-corrected chi connectivity index (χ1v) is 8.79. The van der Waals surface area contributed by atoms with Gasteiger partial charge in [0.15, 0.2) is 0 Å². The van der Waals surface area contributed by atoms with Gasteiger partial charge in [0.2, 0.25) is 0 Å². The second-order valence-corrected chi connectivity index (χ2v) is 6.37. The van der Waals surface area contributed by atoms with Gasteiger partial charge in [0.05, 0.1) is 6.04 Å². The Bertz CT molecular complexity index is 902. The van der Waals surface area contributed by atoms with Gasteiger partial charge in [-0.1, -0.05) is 61.5 Å². The van der Waals surface area contributed by atoms with Crippen molar-refractivity contribution < 1.29 is 9.18 Å². The van der Waals surface area contributed by atoms with Crippen molar-refractivity contribution in [2.24, 2.45) is 0 Å². The predicted octanol–water partition coefficient (Wildman–Crippen LogP) is 5.22. The number of carbonyl (C=O) groups excluding carboxylic acids is 1. The second-order valence-electron chi connectivity index (χ2n) is 6.37. The Morgan fingerprint density at radius 1 is 0.962 bits per heavy atom. The molecule has 3 aromatic rings. The molecule has 132 valence electrons. The van der Waals surface area contributed by atoms with Crippen LogP contribution in [-0.2, 0) is 6.42 Å². The van der Waals surface area contributed by atoms with E-state index in [0.29, 0.717) is 5.56 Å². The van der Waals surface area contributed by atoms with E-state index in [1.165, 1.54) is 17.7 Å². The van der Waals surface area contributed by atoms with Crippen LogP contribution in [-0.4, -0.2) is 5.91 Å². The van der Waals surface area contributed by atoms with Crippen molar-refractivity contribution in [3.63, 3.8) is 0 Å². The van der Waals surface area contributed by atoms with Crippen molar-refractivity contribution in [2.75, 3.05) is 0 Å². The first kappa shape index (κ1) is 17.9. The maximum atomic E-state index is 13.8. The fraction of sp³-hybridized carbons (Fsp3) is 0.174. The number of aryl methyl sites for hydroxylation is 2. The number of rotatable bonds is 5. The molecule has 0 spiro atoms. The lowest BCUT2D eigenvalue weighted by molar-refractivity contribution is 0.0942. The summed E-state index contributed by atoms with van der Waals surface area (Å²) >= 11 is 0. The van der Waals surface area contributed by atoms with Crippen LogP contribution in [0.1, 0.15) is 45.6 Å². The van der Waals surface area contributed by atoms with Gasteiger partial charge in [-0.2, -0.15) is 0 Å². The van der Waals surface area contributed by atoms with Crippen LogP contribution in [0.15, 0.2) is 72.8 Å². The fourth-order valence-corrected chi connectivity index (χ4v) is 3.03. The number of carbonyl (C=O) groups is 1. The molecule has 0 saturated heterocycles. The van der Waals surface area contributed by atoms with E-state index in [1.807, 2.05) is 55.5 Å². The van der Waals surface area contributed by atoms with Crippen LogP contribution in [0.5, 0.6) is 0 Å². The molecule has 3 heteroatoms. The lowest BCUT2D eigenvalue weighted by atomic mass is 9.96. The zero-order valence-electron chi connectivity index (χ0n) is 15.0. The highest BCUT2D eigenvalue weighted by Gasteiger charge is 2.19. The van der Waals surface area contributed by atoms with E-state index in [1.54, 1.807) is 12.1 Å². The van der Waals surface area contributed by atoms with Crippen molar-refractivity contribution in [2.45, 2.75) is 26.3 Å². The molecule has 0 bridgehead atoms. The minimum Gasteiger partial charge on any atom is -0.341 e. The van der Waals surface area contributed by atoms with Crippen LogP contribution in [0.3, 0.4) is 0 Å². The number of hydrogen-bond acceptors (Lipinski definition) is 1. The summed E-state index contributed by atoms with van der Waals surface area (Å²) in [5, 5.41) is 3.07. The van der Waals surface area contributed by atoms with E-state index in [0.717, 1.165) is 23.1 Å². The van der Waals surface area contributed by atoms with Crippen molar-refractivity contribution in [1.82, 2.24) is 5.32 Å². The number of amides is 1. The van der Waals surface area contributed by atoms with Crippen LogP contribution < -0.4 is 5.32 Å². The third-order valence-corrected chi connectivity index (χ3v) is 4.57. The first-order chi connectivity index (χ1) is 12.6. The van der Waals surface area contributed by atoms with E-state index in [2.05, 4.69) is 12.2 Å². The monoisotopic (exact) mass is 347 g/mol. The van der Waals surface area contributed by atoms with E-state index in [9.17, 15) is 9.18 Å². The third-order valence-electron chi connectivity index (χ3n) is 4.57. The van der Waals surface area contributed by atoms with E-state index >= 15 is 0 Å². The number of halogens is 1. The Kier molecular flexibility index (Phi) is 5.47. The summed E-state index contributed by atoms with van der Waals surface area (Å²) in [6.07, 6.45) is 0.945. The molecule has 1 N–H and O–H groups in total. The van der Waals surface area contributed by atoms with E-state index in [-0.39, 0.29) is 11.7 Å². The summed E-state index contributed by atoms with van der Waals surface area (Å²) in [7, 11) is 0. The molecular formula is C23H22FNO. The minimum atomic E-state index is -0.413. The van der Waals surface area contributed by atoms with Gasteiger partial charge in [0.1, 0.15) is 5.82 Å². The second kappa shape index (κ2) is 7.96. The summed E-state index contributed by atoms with van der Waals surface area (Å²) in [6.45, 7) is 4.00. The summed E-state index contributed by atoms with van der Waals surface area (Å²) in [4.78, 5) is 12.8. The smallest absolute Gasteiger partial charge is 0.252 e. The van der Waals surface area contributed by atoms with Gasteiger partial charge >= 0.3 is 0 Å². The molecule has 3 aromatic carbocycles. The molecule has 1 atom stereocenters. The number of nitrogens with one attached hydrogen (secondary N) is 1. The maximum absolute atomic E-state index is 13.8. The maximum Gasteiger partial charge on any atom is 0.252 e. The molecule has 0 aliphatic rings. The highest BCUT2D eigenvalue weighted by Crippen LogP contribution is 2.24. The van der Waals surface area contributed by atoms with E-state index < -0.39 is 6.04 Å². The predicted molar refractivity (Wildman–Crippen MR) is 103 cm³/mol. The zero-order valence-corrected chi connectivity index (χ0v) is 15.0. The molecule has 1 unspecified atom stereocenters. The van der Waals surface area contributed by atoms with Gasteiger partial charge in [-0.05, 0) is 53.8 Å². The van der Waals surface area contributed by atoms with Crippen molar-refractivity contribution >= 4 is 5.91 Å². The minimum absolute atomic E-state index is 0.170. The van der Waals surface area contributed by atoms with Crippen LogP contribution in [0.2, 0.25) is 0 Å². The Labute approximate surface area is 153 Å². The SMILES string of the molecule is CCc1ccc(C(NC(=O)c2ccccc2C)c2cccc(F)c2)cc1. The van der Waals surface area contributed by atoms with E-state index in [4.69, 9.17) is 0 Å². The highest BCUT2D eigenvalue weighted by atomic mass is 19.1. The molecule has 0 saturated carbocycles. The molecule has 3 rings (SSSR count). The standard InChI is InChI=1S/C23H22FNO/c1-3-17-11-13-18(14-12-17)22(19-8-6-9-20(24)15-19)25-23(26)21-10-5-4-7-16(21)2/h4-15,22H,3H2,1-2H3,(H,25,26). The summed E-state index contributed by atoms with van der Waals surface area (Å²) in [6, 6.07) is 21.5.